The monoisotopic (exact) mass is 398 g/mol. The van der Waals surface area contributed by atoms with Crippen LogP contribution in [0.5, 0.6) is 5.75 Å². The van der Waals surface area contributed by atoms with Crippen LogP contribution in [0.2, 0.25) is 0 Å². The maximum atomic E-state index is 11.4. The number of aliphatic hydroxyl groups is 1. The van der Waals surface area contributed by atoms with E-state index in [1.807, 2.05) is 36.2 Å². The van der Waals surface area contributed by atoms with Gasteiger partial charge in [0.25, 0.3) is 0 Å². The van der Waals surface area contributed by atoms with Crippen LogP contribution in [0.4, 0.5) is 0 Å². The number of ether oxygens (including phenoxy) is 2. The Labute approximate surface area is 172 Å². The second-order valence-corrected chi connectivity index (χ2v) is 7.57. The Morgan fingerprint density at radius 1 is 1.17 bits per heavy atom. The van der Waals surface area contributed by atoms with Crippen molar-refractivity contribution >= 4 is 5.97 Å². The summed E-state index contributed by atoms with van der Waals surface area (Å²) in [6.45, 7) is 3.40. The Morgan fingerprint density at radius 3 is 2.69 bits per heavy atom. The van der Waals surface area contributed by atoms with Crippen LogP contribution in [0.15, 0.2) is 48.5 Å². The molecule has 6 nitrogen and oxygen atoms in total. The van der Waals surface area contributed by atoms with Crippen molar-refractivity contribution in [2.45, 2.75) is 25.6 Å². The number of methoxy groups -OCH3 is 1. The molecule has 0 saturated heterocycles. The van der Waals surface area contributed by atoms with E-state index >= 15 is 0 Å². The van der Waals surface area contributed by atoms with Crippen molar-refractivity contribution in [3.8, 4) is 5.75 Å². The molecule has 6 heteroatoms. The van der Waals surface area contributed by atoms with Gasteiger partial charge in [0.1, 0.15) is 18.5 Å². The quantitative estimate of drug-likeness (QED) is 0.653. The molecule has 156 valence electrons. The molecule has 1 aliphatic heterocycles. The van der Waals surface area contributed by atoms with Crippen molar-refractivity contribution < 1.29 is 19.4 Å². The molecule has 0 amide bonds. The third-order valence-electron chi connectivity index (χ3n) is 5.15. The number of aliphatic hydroxyl groups excluding tert-OH is 1. The van der Waals surface area contributed by atoms with E-state index in [1.165, 1.54) is 18.2 Å². The van der Waals surface area contributed by atoms with Gasteiger partial charge in [0.15, 0.2) is 0 Å². The van der Waals surface area contributed by atoms with Crippen LogP contribution in [-0.2, 0) is 29.0 Å². The molecule has 2 aromatic carbocycles. The fourth-order valence-electron chi connectivity index (χ4n) is 3.65. The number of nitrogens with zero attached hydrogens (tertiary/aromatic N) is 2. The molecule has 0 saturated carbocycles. The van der Waals surface area contributed by atoms with Crippen molar-refractivity contribution in [2.24, 2.45) is 0 Å². The van der Waals surface area contributed by atoms with Gasteiger partial charge in [0.2, 0.25) is 0 Å². The number of rotatable bonds is 9. The van der Waals surface area contributed by atoms with Gasteiger partial charge in [0.05, 0.1) is 13.7 Å². The first-order chi connectivity index (χ1) is 14.0. The van der Waals surface area contributed by atoms with E-state index in [9.17, 15) is 9.90 Å². The number of hydrogen-bond donors (Lipinski definition) is 1. The van der Waals surface area contributed by atoms with Crippen LogP contribution in [0.25, 0.3) is 0 Å². The van der Waals surface area contributed by atoms with E-state index in [0.29, 0.717) is 13.1 Å². The van der Waals surface area contributed by atoms with E-state index in [-0.39, 0.29) is 19.1 Å². The average Bonchev–Trinajstić information content (AvgIpc) is 2.73. The number of para-hydroxylation sites is 1. The van der Waals surface area contributed by atoms with Crippen LogP contribution >= 0.6 is 0 Å². The lowest BCUT2D eigenvalue weighted by Crippen LogP contribution is -2.38. The predicted octanol–water partition coefficient (Wildman–Crippen LogP) is 2.09. The summed E-state index contributed by atoms with van der Waals surface area (Å²) in [5.74, 6) is 0.455. The third kappa shape index (κ3) is 6.29. The Balaban J connectivity index is 1.50. The summed E-state index contributed by atoms with van der Waals surface area (Å²) in [4.78, 5) is 15.6. The maximum absolute atomic E-state index is 11.4. The molecule has 0 radical (unpaired) electrons. The first-order valence-electron chi connectivity index (χ1n) is 9.98. The minimum Gasteiger partial charge on any atom is -0.491 e. The molecule has 1 aliphatic rings. The molecule has 0 bridgehead atoms. The molecule has 29 heavy (non-hydrogen) atoms. The van der Waals surface area contributed by atoms with Crippen LogP contribution in [-0.4, -0.2) is 67.4 Å². The number of benzene rings is 2. The molecule has 1 unspecified atom stereocenters. The number of hydrogen-bond acceptors (Lipinski definition) is 6. The summed E-state index contributed by atoms with van der Waals surface area (Å²) in [6.07, 6.45) is 0.445. The Bertz CT molecular complexity index is 811. The molecule has 1 N–H and O–H groups in total. The Morgan fingerprint density at radius 2 is 1.90 bits per heavy atom. The largest absolute Gasteiger partial charge is 0.491 e. The lowest BCUT2D eigenvalue weighted by atomic mass is 10.00. The van der Waals surface area contributed by atoms with Gasteiger partial charge in [-0.25, -0.2) is 0 Å². The molecule has 2 aromatic rings. The lowest BCUT2D eigenvalue weighted by Gasteiger charge is -2.30. The number of fused-ring (bicyclic) bond motifs is 1. The molecular formula is C23H30N2O4. The SMILES string of the molecule is COC(=O)CN(C)Cc1ccccc1OCC(O)CN1CCc2ccccc2C1. The molecule has 0 fully saturated rings. The second-order valence-electron chi connectivity index (χ2n) is 7.57. The summed E-state index contributed by atoms with van der Waals surface area (Å²) in [6, 6.07) is 16.2. The summed E-state index contributed by atoms with van der Waals surface area (Å²) < 4.78 is 10.6. The molecule has 0 aliphatic carbocycles. The van der Waals surface area contributed by atoms with Gasteiger partial charge >= 0.3 is 5.97 Å². The Kier molecular flexibility index (Phi) is 7.63. The third-order valence-corrected chi connectivity index (χ3v) is 5.15. The highest BCUT2D eigenvalue weighted by atomic mass is 16.5. The van der Waals surface area contributed by atoms with Crippen LogP contribution in [0.1, 0.15) is 16.7 Å². The van der Waals surface area contributed by atoms with Crippen LogP contribution in [0, 0.1) is 0 Å². The summed E-state index contributed by atoms with van der Waals surface area (Å²) >= 11 is 0. The molecule has 1 atom stereocenters. The van der Waals surface area contributed by atoms with Gasteiger partial charge in [-0.1, -0.05) is 42.5 Å². The highest BCUT2D eigenvalue weighted by Crippen LogP contribution is 2.21. The zero-order valence-corrected chi connectivity index (χ0v) is 17.2. The number of β-amino-alcohol motifs (C(OH)–C–C–N with tert-alkyl or cyclic N) is 1. The van der Waals surface area contributed by atoms with Crippen LogP contribution < -0.4 is 4.74 Å². The topological polar surface area (TPSA) is 62.2 Å². The molecule has 3 rings (SSSR count). The van der Waals surface area contributed by atoms with Crippen LogP contribution in [0.3, 0.4) is 0 Å². The Hall–Kier alpha value is -2.41. The minimum absolute atomic E-state index is 0.212. The molecule has 0 aromatic heterocycles. The van der Waals surface area contributed by atoms with Gasteiger partial charge in [-0.3, -0.25) is 14.6 Å². The van der Waals surface area contributed by atoms with E-state index in [0.717, 1.165) is 30.8 Å². The standard InChI is InChI=1S/C23H30N2O4/c1-24(16-23(27)28-2)13-20-9-5-6-10-22(20)29-17-21(26)15-25-12-11-18-7-3-4-8-19(18)14-25/h3-10,21,26H,11-17H2,1-2H3. The number of esters is 1. The fourth-order valence-corrected chi connectivity index (χ4v) is 3.65. The maximum Gasteiger partial charge on any atom is 0.319 e. The molecule has 0 spiro atoms. The van der Waals surface area contributed by atoms with Gasteiger partial charge in [-0.2, -0.15) is 0 Å². The first kappa shape index (κ1) is 21.3. The van der Waals surface area contributed by atoms with E-state index in [4.69, 9.17) is 9.47 Å². The van der Waals surface area contributed by atoms with Crippen molar-refractivity contribution in [3.05, 3.63) is 65.2 Å². The number of carbonyl (C=O) groups is 1. The van der Waals surface area contributed by atoms with Gasteiger partial charge in [-0.05, 0) is 30.7 Å². The number of likely N-dealkylation sites (N-methyl/N-ethyl adjacent to an activating group) is 1. The van der Waals surface area contributed by atoms with Crippen molar-refractivity contribution in [1.82, 2.24) is 9.80 Å². The van der Waals surface area contributed by atoms with Gasteiger partial charge in [-0.15, -0.1) is 0 Å². The molecular weight excluding hydrogens is 368 g/mol. The first-order valence-corrected chi connectivity index (χ1v) is 9.98. The second kappa shape index (κ2) is 10.4. The van der Waals surface area contributed by atoms with Gasteiger partial charge in [0, 0.05) is 31.7 Å². The zero-order chi connectivity index (χ0) is 20.6. The summed E-state index contributed by atoms with van der Waals surface area (Å²) in [5.41, 5.74) is 3.71. The lowest BCUT2D eigenvalue weighted by molar-refractivity contribution is -0.141. The smallest absolute Gasteiger partial charge is 0.319 e. The van der Waals surface area contributed by atoms with Crippen molar-refractivity contribution in [2.75, 3.05) is 40.4 Å². The zero-order valence-electron chi connectivity index (χ0n) is 17.2. The van der Waals surface area contributed by atoms with E-state index in [1.54, 1.807) is 0 Å². The fraction of sp³-hybridized carbons (Fsp3) is 0.435. The average molecular weight is 399 g/mol. The molecule has 1 heterocycles. The van der Waals surface area contributed by atoms with E-state index < -0.39 is 6.10 Å². The van der Waals surface area contributed by atoms with Gasteiger partial charge < -0.3 is 14.6 Å². The highest BCUT2D eigenvalue weighted by molar-refractivity contribution is 5.71. The highest BCUT2D eigenvalue weighted by Gasteiger charge is 2.19. The van der Waals surface area contributed by atoms with E-state index in [2.05, 4.69) is 29.2 Å². The predicted molar refractivity (Wildman–Crippen MR) is 112 cm³/mol. The summed E-state index contributed by atoms with van der Waals surface area (Å²) in [7, 11) is 3.24. The summed E-state index contributed by atoms with van der Waals surface area (Å²) in [5, 5.41) is 10.5. The van der Waals surface area contributed by atoms with Crippen molar-refractivity contribution in [1.29, 1.82) is 0 Å². The van der Waals surface area contributed by atoms with Crippen molar-refractivity contribution in [3.63, 3.8) is 0 Å². The normalized spacial score (nSPS) is 15.0. The minimum atomic E-state index is -0.568. The number of carbonyl (C=O) groups excluding carboxylic acids is 1.